The quantitative estimate of drug-likeness (QED) is 0.449. The first kappa shape index (κ1) is 21.6. The molecule has 3 aromatic carbocycles. The summed E-state index contributed by atoms with van der Waals surface area (Å²) < 4.78 is 27.7. The van der Waals surface area contributed by atoms with Crippen molar-refractivity contribution < 1.29 is 23.3 Å². The Morgan fingerprint density at radius 3 is 2.61 bits per heavy atom. The number of nitro groups is 1. The SMILES string of the molecule is O=C(Nc1cccc(F)c1)ONC1=Nc2ccc([N+](=O)[O-])cc2C(c2ccccc2F)=NC1. The molecule has 1 amide bonds. The van der Waals surface area contributed by atoms with Crippen molar-refractivity contribution in [2.24, 2.45) is 9.98 Å². The van der Waals surface area contributed by atoms with Crippen LogP contribution in [0, 0.1) is 21.7 Å². The van der Waals surface area contributed by atoms with Gasteiger partial charge in [-0.3, -0.25) is 20.4 Å². The number of hydrogen-bond acceptors (Lipinski definition) is 7. The number of non-ortho nitro benzene ring substituents is 1. The molecule has 1 aliphatic heterocycles. The Kier molecular flexibility index (Phi) is 6.02. The fraction of sp³-hybridized carbons (Fsp3) is 0.0455. The Morgan fingerprint density at radius 1 is 1.03 bits per heavy atom. The summed E-state index contributed by atoms with van der Waals surface area (Å²) in [5, 5.41) is 13.6. The third-order valence-electron chi connectivity index (χ3n) is 4.55. The minimum absolute atomic E-state index is 0.0887. The molecule has 0 unspecified atom stereocenters. The second-order valence-corrected chi connectivity index (χ2v) is 6.79. The number of carbonyl (C=O) groups is 1. The molecular formula is C22H15F2N5O4. The van der Waals surface area contributed by atoms with Crippen molar-refractivity contribution in [3.05, 3.63) is 99.6 Å². The summed E-state index contributed by atoms with van der Waals surface area (Å²) in [5.74, 6) is -1.00. The molecule has 0 spiro atoms. The number of fused-ring (bicyclic) bond motifs is 1. The van der Waals surface area contributed by atoms with E-state index in [2.05, 4.69) is 20.8 Å². The van der Waals surface area contributed by atoms with E-state index < -0.39 is 22.7 Å². The number of rotatable bonds is 3. The van der Waals surface area contributed by atoms with Crippen molar-refractivity contribution in [1.29, 1.82) is 0 Å². The molecule has 0 saturated carbocycles. The lowest BCUT2D eigenvalue weighted by molar-refractivity contribution is -0.384. The third kappa shape index (κ3) is 4.98. The predicted octanol–water partition coefficient (Wildman–Crippen LogP) is 4.51. The first-order valence-corrected chi connectivity index (χ1v) is 9.56. The zero-order valence-electron chi connectivity index (χ0n) is 16.8. The molecule has 0 aromatic heterocycles. The van der Waals surface area contributed by atoms with Crippen LogP contribution < -0.4 is 10.8 Å². The average molecular weight is 451 g/mol. The van der Waals surface area contributed by atoms with Gasteiger partial charge >= 0.3 is 6.09 Å². The van der Waals surface area contributed by atoms with Crippen LogP contribution in [0.25, 0.3) is 0 Å². The van der Waals surface area contributed by atoms with E-state index in [9.17, 15) is 23.7 Å². The zero-order chi connectivity index (χ0) is 23.4. The highest BCUT2D eigenvalue weighted by Gasteiger charge is 2.22. The first-order chi connectivity index (χ1) is 15.9. The number of carbonyl (C=O) groups excluding carboxylic acids is 1. The van der Waals surface area contributed by atoms with Crippen LogP contribution in [0.4, 0.5) is 30.6 Å². The highest BCUT2D eigenvalue weighted by atomic mass is 19.1. The molecule has 11 heteroatoms. The van der Waals surface area contributed by atoms with Crippen LogP contribution >= 0.6 is 0 Å². The minimum atomic E-state index is -0.935. The highest BCUT2D eigenvalue weighted by Crippen LogP contribution is 2.30. The second-order valence-electron chi connectivity index (χ2n) is 6.79. The van der Waals surface area contributed by atoms with Gasteiger partial charge in [0.2, 0.25) is 0 Å². The molecule has 3 aromatic rings. The fourth-order valence-electron chi connectivity index (χ4n) is 3.10. The summed E-state index contributed by atoms with van der Waals surface area (Å²) in [7, 11) is 0. The maximum absolute atomic E-state index is 14.5. The number of aliphatic imine (C=N–C) groups is 2. The van der Waals surface area contributed by atoms with E-state index in [-0.39, 0.29) is 46.3 Å². The summed E-state index contributed by atoms with van der Waals surface area (Å²) in [6.07, 6.45) is -0.935. The summed E-state index contributed by atoms with van der Waals surface area (Å²) in [6, 6.07) is 15.0. The summed E-state index contributed by atoms with van der Waals surface area (Å²) in [4.78, 5) is 36.3. The van der Waals surface area contributed by atoms with Crippen LogP contribution in [-0.2, 0) is 4.84 Å². The largest absolute Gasteiger partial charge is 0.435 e. The standard InChI is InChI=1S/C22H15F2N5O4/c23-13-4-3-5-14(10-13)26-22(30)33-28-20-12-25-21(16-6-1-2-7-18(16)24)17-11-15(29(31)32)8-9-19(17)27-20/h1-11H,12H2,(H,26,30)(H,27,28). The summed E-state index contributed by atoms with van der Waals surface area (Å²) in [6.45, 7) is -0.139. The van der Waals surface area contributed by atoms with Gasteiger partial charge in [0.05, 0.1) is 16.3 Å². The van der Waals surface area contributed by atoms with Crippen LogP contribution in [-0.4, -0.2) is 29.1 Å². The van der Waals surface area contributed by atoms with Crippen molar-refractivity contribution in [1.82, 2.24) is 5.48 Å². The number of nitrogens with zero attached hydrogens (tertiary/aromatic N) is 3. The smallest absolute Gasteiger partial charge is 0.323 e. The molecule has 0 aliphatic carbocycles. The van der Waals surface area contributed by atoms with Crippen molar-refractivity contribution in [3.63, 3.8) is 0 Å². The topological polar surface area (TPSA) is 118 Å². The van der Waals surface area contributed by atoms with Gasteiger partial charge in [0.25, 0.3) is 5.69 Å². The maximum atomic E-state index is 14.5. The van der Waals surface area contributed by atoms with Crippen LogP contribution in [0.5, 0.6) is 0 Å². The minimum Gasteiger partial charge on any atom is -0.323 e. The number of benzene rings is 3. The van der Waals surface area contributed by atoms with Crippen LogP contribution in [0.15, 0.2) is 76.7 Å². The Bertz CT molecular complexity index is 1310. The van der Waals surface area contributed by atoms with E-state index in [0.717, 1.165) is 6.07 Å². The number of halogens is 2. The van der Waals surface area contributed by atoms with Crippen LogP contribution in [0.3, 0.4) is 0 Å². The van der Waals surface area contributed by atoms with Crippen molar-refractivity contribution in [2.75, 3.05) is 11.9 Å². The number of hydrogen-bond donors (Lipinski definition) is 2. The fourth-order valence-corrected chi connectivity index (χ4v) is 3.10. The lowest BCUT2D eigenvalue weighted by Gasteiger charge is -2.09. The molecule has 0 saturated heterocycles. The van der Waals surface area contributed by atoms with Gasteiger partial charge in [-0.05, 0) is 36.4 Å². The normalized spacial score (nSPS) is 12.5. The van der Waals surface area contributed by atoms with Crippen molar-refractivity contribution in [3.8, 4) is 0 Å². The molecular weight excluding hydrogens is 436 g/mol. The summed E-state index contributed by atoms with van der Waals surface area (Å²) >= 11 is 0. The highest BCUT2D eigenvalue weighted by molar-refractivity contribution is 6.17. The van der Waals surface area contributed by atoms with Gasteiger partial charge in [0.15, 0.2) is 5.84 Å². The lowest BCUT2D eigenvalue weighted by atomic mass is 9.99. The molecule has 1 heterocycles. The lowest BCUT2D eigenvalue weighted by Crippen LogP contribution is -2.31. The third-order valence-corrected chi connectivity index (χ3v) is 4.55. The van der Waals surface area contributed by atoms with Gasteiger partial charge in [-0.1, -0.05) is 18.2 Å². The molecule has 2 N–H and O–H groups in total. The number of amidine groups is 1. The van der Waals surface area contributed by atoms with Gasteiger partial charge in [-0.25, -0.2) is 24.0 Å². The molecule has 1 aliphatic rings. The van der Waals surface area contributed by atoms with E-state index in [1.165, 1.54) is 54.6 Å². The molecule has 33 heavy (non-hydrogen) atoms. The van der Waals surface area contributed by atoms with E-state index in [1.807, 2.05) is 0 Å². The number of anilines is 1. The predicted molar refractivity (Wildman–Crippen MR) is 117 cm³/mol. The number of nitro benzene ring substituents is 1. The molecule has 0 radical (unpaired) electrons. The van der Waals surface area contributed by atoms with Gasteiger partial charge in [0, 0.05) is 28.9 Å². The van der Waals surface area contributed by atoms with E-state index in [0.29, 0.717) is 0 Å². The Labute approximate surface area is 185 Å². The average Bonchev–Trinajstić information content (AvgIpc) is 2.97. The Morgan fingerprint density at radius 2 is 1.85 bits per heavy atom. The van der Waals surface area contributed by atoms with Crippen LogP contribution in [0.1, 0.15) is 11.1 Å². The number of nitrogens with one attached hydrogen (secondary N) is 2. The first-order valence-electron chi connectivity index (χ1n) is 9.56. The van der Waals surface area contributed by atoms with E-state index in [4.69, 9.17) is 4.84 Å². The molecule has 4 rings (SSSR count). The molecule has 0 fully saturated rings. The number of hydroxylamine groups is 1. The summed E-state index contributed by atoms with van der Waals surface area (Å²) in [5.41, 5.74) is 3.15. The second kappa shape index (κ2) is 9.22. The Hall–Kier alpha value is -4.67. The van der Waals surface area contributed by atoms with Gasteiger partial charge in [-0.2, -0.15) is 0 Å². The zero-order valence-corrected chi connectivity index (χ0v) is 16.8. The maximum Gasteiger partial charge on any atom is 0.435 e. The molecule has 0 bridgehead atoms. The van der Waals surface area contributed by atoms with Gasteiger partial charge < -0.3 is 4.84 Å². The van der Waals surface area contributed by atoms with Crippen LogP contribution in [0.2, 0.25) is 0 Å². The molecule has 166 valence electrons. The van der Waals surface area contributed by atoms with Crippen molar-refractivity contribution >= 4 is 34.7 Å². The van der Waals surface area contributed by atoms with Gasteiger partial charge in [0.1, 0.15) is 18.2 Å². The number of amides is 1. The van der Waals surface area contributed by atoms with E-state index in [1.54, 1.807) is 6.07 Å². The van der Waals surface area contributed by atoms with Gasteiger partial charge in [-0.15, -0.1) is 0 Å². The monoisotopic (exact) mass is 451 g/mol. The van der Waals surface area contributed by atoms with E-state index >= 15 is 0 Å². The Balaban J connectivity index is 1.60. The van der Waals surface area contributed by atoms with Crippen molar-refractivity contribution in [2.45, 2.75) is 0 Å². The molecule has 9 nitrogen and oxygen atoms in total. The molecule has 0 atom stereocenters.